The highest BCUT2D eigenvalue weighted by Crippen LogP contribution is 2.49. The molecule has 0 unspecified atom stereocenters. The van der Waals surface area contributed by atoms with Crippen molar-refractivity contribution in [1.29, 1.82) is 0 Å². The maximum Gasteiger partial charge on any atom is 0.326 e. The first-order valence-corrected chi connectivity index (χ1v) is 14.8. The minimum Gasteiger partial charge on any atom is -0.496 e. The van der Waals surface area contributed by atoms with Crippen LogP contribution in [0.15, 0.2) is 48.5 Å². The van der Waals surface area contributed by atoms with Crippen LogP contribution in [0.1, 0.15) is 96.4 Å². The number of aliphatic carboxylic acids is 1. The molecule has 40 heavy (non-hydrogen) atoms. The fourth-order valence-corrected chi connectivity index (χ4v) is 6.90. The average Bonchev–Trinajstić information content (AvgIpc) is 3.28. The number of ether oxygens (including phenoxy) is 1. The van der Waals surface area contributed by atoms with E-state index in [0.29, 0.717) is 6.54 Å². The lowest BCUT2D eigenvalue weighted by atomic mass is 9.72. The van der Waals surface area contributed by atoms with E-state index in [1.54, 1.807) is 12.0 Å². The van der Waals surface area contributed by atoms with Gasteiger partial charge in [0.1, 0.15) is 11.8 Å². The van der Waals surface area contributed by atoms with Crippen molar-refractivity contribution >= 4 is 11.9 Å². The third-order valence-electron chi connectivity index (χ3n) is 8.94. The van der Waals surface area contributed by atoms with Crippen LogP contribution in [0, 0.1) is 17.3 Å². The number of amides is 1. The number of likely N-dealkylation sites (tertiary alicyclic amines) is 1. The summed E-state index contributed by atoms with van der Waals surface area (Å²) in [6.07, 6.45) is 4.84. The van der Waals surface area contributed by atoms with E-state index in [2.05, 4.69) is 59.0 Å². The van der Waals surface area contributed by atoms with E-state index in [1.165, 1.54) is 5.56 Å². The quantitative estimate of drug-likeness (QED) is 0.401. The first kappa shape index (κ1) is 30.1. The van der Waals surface area contributed by atoms with Crippen LogP contribution < -0.4 is 10.1 Å². The average molecular weight is 549 g/mol. The Balaban J connectivity index is 1.81. The fraction of sp³-hybridized carbons (Fsp3) is 0.588. The molecule has 1 saturated carbocycles. The van der Waals surface area contributed by atoms with Crippen molar-refractivity contribution in [3.63, 3.8) is 0 Å². The second kappa shape index (κ2) is 11.9. The third-order valence-corrected chi connectivity index (χ3v) is 8.94. The van der Waals surface area contributed by atoms with Gasteiger partial charge >= 0.3 is 5.97 Å². The summed E-state index contributed by atoms with van der Waals surface area (Å²) >= 11 is 0. The number of hydrogen-bond donors (Lipinski definition) is 2. The van der Waals surface area contributed by atoms with Crippen molar-refractivity contribution in [1.82, 2.24) is 10.2 Å². The minimum atomic E-state index is -0.929. The molecule has 0 radical (unpaired) electrons. The van der Waals surface area contributed by atoms with E-state index in [0.717, 1.165) is 49.0 Å². The Morgan fingerprint density at radius 3 is 2.17 bits per heavy atom. The molecular formula is C34H48N2O4. The molecule has 4 atom stereocenters. The Morgan fingerprint density at radius 1 is 0.975 bits per heavy atom. The van der Waals surface area contributed by atoms with Gasteiger partial charge in [0.15, 0.2) is 0 Å². The topological polar surface area (TPSA) is 78.9 Å². The van der Waals surface area contributed by atoms with Crippen LogP contribution in [0.25, 0.3) is 0 Å². The zero-order valence-corrected chi connectivity index (χ0v) is 25.4. The Hall–Kier alpha value is -2.86. The number of hydrogen-bond acceptors (Lipinski definition) is 4. The predicted molar refractivity (Wildman–Crippen MR) is 159 cm³/mol. The van der Waals surface area contributed by atoms with E-state index in [-0.39, 0.29) is 34.6 Å². The number of carboxylic acids is 1. The molecule has 6 nitrogen and oxygen atoms in total. The van der Waals surface area contributed by atoms with Crippen molar-refractivity contribution in [3.05, 3.63) is 65.2 Å². The molecule has 1 heterocycles. The molecule has 1 amide bonds. The minimum absolute atomic E-state index is 0.00758. The Kier molecular flexibility index (Phi) is 8.99. The Labute approximate surface area is 240 Å². The molecule has 1 aliphatic heterocycles. The first-order valence-electron chi connectivity index (χ1n) is 14.8. The predicted octanol–water partition coefficient (Wildman–Crippen LogP) is 6.73. The molecule has 2 aliphatic rings. The van der Waals surface area contributed by atoms with Gasteiger partial charge in [0, 0.05) is 30.0 Å². The molecule has 6 heteroatoms. The number of carbonyl (C=O) groups excluding carboxylic acids is 1. The van der Waals surface area contributed by atoms with Crippen molar-refractivity contribution in [3.8, 4) is 5.75 Å². The van der Waals surface area contributed by atoms with Crippen LogP contribution in [0.2, 0.25) is 0 Å². The van der Waals surface area contributed by atoms with Gasteiger partial charge < -0.3 is 20.1 Å². The molecule has 0 aromatic heterocycles. The lowest BCUT2D eigenvalue weighted by molar-refractivity contribution is -0.154. The highest BCUT2D eigenvalue weighted by Gasteiger charge is 2.58. The summed E-state index contributed by atoms with van der Waals surface area (Å²) in [5, 5.41) is 14.5. The van der Waals surface area contributed by atoms with Gasteiger partial charge in [-0.25, -0.2) is 4.79 Å². The molecule has 1 aliphatic carbocycles. The smallest absolute Gasteiger partial charge is 0.326 e. The summed E-state index contributed by atoms with van der Waals surface area (Å²) in [6, 6.07) is 14.7. The summed E-state index contributed by atoms with van der Waals surface area (Å²) in [5.74, 6) is -0.565. The molecule has 2 N–H and O–H groups in total. The van der Waals surface area contributed by atoms with Crippen LogP contribution >= 0.6 is 0 Å². The zero-order valence-electron chi connectivity index (χ0n) is 25.4. The third kappa shape index (κ3) is 6.22. The Bertz CT molecular complexity index is 1170. The maximum absolute atomic E-state index is 14.3. The van der Waals surface area contributed by atoms with Crippen LogP contribution in [0.5, 0.6) is 5.75 Å². The molecule has 1 saturated heterocycles. The number of carboxylic acid groups (broad SMARTS) is 1. The second-order valence-electron chi connectivity index (χ2n) is 13.8. The number of nitrogens with one attached hydrogen (secondary N) is 1. The number of benzene rings is 2. The van der Waals surface area contributed by atoms with Gasteiger partial charge in [-0.15, -0.1) is 0 Å². The highest BCUT2D eigenvalue weighted by molar-refractivity contribution is 5.87. The van der Waals surface area contributed by atoms with Gasteiger partial charge in [0.05, 0.1) is 13.2 Å². The molecule has 2 fully saturated rings. The molecule has 218 valence electrons. The van der Waals surface area contributed by atoms with Gasteiger partial charge in [-0.2, -0.15) is 0 Å². The van der Waals surface area contributed by atoms with Crippen molar-refractivity contribution in [2.24, 2.45) is 17.3 Å². The fourth-order valence-electron chi connectivity index (χ4n) is 6.90. The van der Waals surface area contributed by atoms with Gasteiger partial charge in [0.25, 0.3) is 0 Å². The van der Waals surface area contributed by atoms with Gasteiger partial charge in [-0.3, -0.25) is 4.79 Å². The lowest BCUT2D eigenvalue weighted by Crippen LogP contribution is -2.49. The largest absolute Gasteiger partial charge is 0.496 e. The molecule has 0 spiro atoms. The summed E-state index contributed by atoms with van der Waals surface area (Å²) in [5.41, 5.74) is 2.82. The van der Waals surface area contributed by atoms with Crippen molar-refractivity contribution in [2.45, 2.75) is 104 Å². The molecule has 2 aromatic carbocycles. The van der Waals surface area contributed by atoms with E-state index < -0.39 is 18.1 Å². The lowest BCUT2D eigenvalue weighted by Gasteiger charge is -2.36. The number of carbonyl (C=O) groups is 2. The van der Waals surface area contributed by atoms with Crippen molar-refractivity contribution < 1.29 is 19.4 Å². The highest BCUT2D eigenvalue weighted by atomic mass is 16.5. The number of rotatable bonds is 7. The normalized spacial score (nSPS) is 24.2. The zero-order chi connectivity index (χ0) is 29.2. The summed E-state index contributed by atoms with van der Waals surface area (Å²) < 4.78 is 5.73. The summed E-state index contributed by atoms with van der Waals surface area (Å²) in [7, 11) is 1.68. The summed E-state index contributed by atoms with van der Waals surface area (Å²) in [6.45, 7) is 13.4. The van der Waals surface area contributed by atoms with E-state index >= 15 is 0 Å². The van der Waals surface area contributed by atoms with Gasteiger partial charge in [-0.05, 0) is 40.9 Å². The molecule has 4 rings (SSSR count). The second-order valence-corrected chi connectivity index (χ2v) is 13.8. The number of nitrogens with zero attached hydrogens (tertiary/aromatic N) is 1. The van der Waals surface area contributed by atoms with Gasteiger partial charge in [-0.1, -0.05) is 103 Å². The van der Waals surface area contributed by atoms with Gasteiger partial charge in [0.2, 0.25) is 5.91 Å². The Morgan fingerprint density at radius 2 is 1.62 bits per heavy atom. The maximum atomic E-state index is 14.3. The van der Waals surface area contributed by atoms with Crippen LogP contribution in [0.4, 0.5) is 0 Å². The van der Waals surface area contributed by atoms with Crippen LogP contribution in [-0.4, -0.2) is 41.1 Å². The monoisotopic (exact) mass is 548 g/mol. The van der Waals surface area contributed by atoms with E-state index in [9.17, 15) is 14.7 Å². The van der Waals surface area contributed by atoms with Crippen LogP contribution in [0.3, 0.4) is 0 Å². The molecule has 2 aromatic rings. The number of methoxy groups -OCH3 is 1. The summed E-state index contributed by atoms with van der Waals surface area (Å²) in [4.78, 5) is 29.1. The van der Waals surface area contributed by atoms with E-state index in [4.69, 9.17) is 4.74 Å². The molecule has 0 bridgehead atoms. The van der Waals surface area contributed by atoms with Crippen LogP contribution in [-0.2, 0) is 21.5 Å². The SMILES string of the molecule is COc1ccc(C(C)(C)C)cc1CN[C@H]1[C@H](C(C)(C)C)[C@@H](C(=O)O)N(C(=O)C2CCCCC2)[C@H]1c1ccccc1. The standard InChI is InChI=1S/C34H48N2O4/c1-33(2,3)25-18-19-26(40-7)24(20-25)21-35-28-27(34(4,5)6)30(32(38)39)36(29(28)22-14-10-8-11-15-22)31(37)23-16-12-9-13-17-23/h8,10-11,14-15,18-20,23,27-30,35H,9,12-13,16-17,21H2,1-7H3,(H,38,39)/t27-,28-,29-,30-/m0/s1. The first-order chi connectivity index (χ1) is 18.8. The van der Waals surface area contributed by atoms with Crippen molar-refractivity contribution in [2.75, 3.05) is 7.11 Å². The van der Waals surface area contributed by atoms with E-state index in [1.807, 2.05) is 36.4 Å². The molecular weight excluding hydrogens is 500 g/mol.